The fraction of sp³-hybridized carbons (Fsp3) is 0.333. The van der Waals surface area contributed by atoms with E-state index in [0.29, 0.717) is 0 Å². The van der Waals surface area contributed by atoms with Gasteiger partial charge in [-0.05, 0) is 73.7 Å². The van der Waals surface area contributed by atoms with Crippen LogP contribution >= 0.6 is 0 Å². The number of halogens is 1. The standard InChI is InChI=1S/C18H22FN/c1-13-10-15(3)17(11-14(13)2)12-20-9-8-16-4-6-18(19)7-5-16/h4-7,10-11,20H,8-9,12H2,1-3H3. The fourth-order valence-electron chi connectivity index (χ4n) is 2.32. The summed E-state index contributed by atoms with van der Waals surface area (Å²) >= 11 is 0. The van der Waals surface area contributed by atoms with Crippen LogP contribution in [0.25, 0.3) is 0 Å². The summed E-state index contributed by atoms with van der Waals surface area (Å²) in [7, 11) is 0. The molecule has 0 amide bonds. The van der Waals surface area contributed by atoms with Gasteiger partial charge >= 0.3 is 0 Å². The molecular formula is C18H22FN. The Labute approximate surface area is 120 Å². The normalized spacial score (nSPS) is 10.8. The number of hydrogen-bond donors (Lipinski definition) is 1. The van der Waals surface area contributed by atoms with Gasteiger partial charge in [0.15, 0.2) is 0 Å². The lowest BCUT2D eigenvalue weighted by Crippen LogP contribution is -2.17. The highest BCUT2D eigenvalue weighted by atomic mass is 19.1. The molecule has 2 rings (SSSR count). The van der Waals surface area contributed by atoms with Crippen molar-refractivity contribution in [3.05, 3.63) is 70.0 Å². The van der Waals surface area contributed by atoms with Gasteiger partial charge in [0.05, 0.1) is 0 Å². The van der Waals surface area contributed by atoms with Gasteiger partial charge in [-0.1, -0.05) is 24.3 Å². The third-order valence-electron chi connectivity index (χ3n) is 3.77. The summed E-state index contributed by atoms with van der Waals surface area (Å²) in [5.41, 5.74) is 6.54. The Morgan fingerprint density at radius 1 is 0.900 bits per heavy atom. The second-order valence-corrected chi connectivity index (χ2v) is 5.42. The van der Waals surface area contributed by atoms with Gasteiger partial charge in [0.2, 0.25) is 0 Å². The molecule has 0 heterocycles. The molecule has 2 aromatic rings. The maximum atomic E-state index is 12.8. The molecule has 0 aliphatic heterocycles. The lowest BCUT2D eigenvalue weighted by molar-refractivity contribution is 0.626. The van der Waals surface area contributed by atoms with Crippen LogP contribution in [0, 0.1) is 26.6 Å². The molecule has 1 nitrogen and oxygen atoms in total. The Bertz CT molecular complexity index is 573. The lowest BCUT2D eigenvalue weighted by atomic mass is 10.0. The van der Waals surface area contributed by atoms with E-state index in [1.807, 2.05) is 12.1 Å². The van der Waals surface area contributed by atoms with E-state index in [9.17, 15) is 4.39 Å². The van der Waals surface area contributed by atoms with E-state index in [1.165, 1.54) is 34.4 Å². The van der Waals surface area contributed by atoms with Crippen molar-refractivity contribution in [1.29, 1.82) is 0 Å². The maximum absolute atomic E-state index is 12.8. The predicted molar refractivity (Wildman–Crippen MR) is 82.5 cm³/mol. The average molecular weight is 271 g/mol. The van der Waals surface area contributed by atoms with E-state index in [2.05, 4.69) is 38.2 Å². The smallest absolute Gasteiger partial charge is 0.123 e. The molecular weight excluding hydrogens is 249 g/mol. The molecule has 1 N–H and O–H groups in total. The van der Waals surface area contributed by atoms with Gasteiger partial charge in [-0.15, -0.1) is 0 Å². The second kappa shape index (κ2) is 6.67. The Morgan fingerprint density at radius 3 is 2.25 bits per heavy atom. The van der Waals surface area contributed by atoms with Crippen LogP contribution in [0.5, 0.6) is 0 Å². The van der Waals surface area contributed by atoms with Gasteiger partial charge in [0, 0.05) is 6.54 Å². The average Bonchev–Trinajstić information content (AvgIpc) is 2.42. The van der Waals surface area contributed by atoms with Crippen LogP contribution in [0.3, 0.4) is 0 Å². The molecule has 0 aromatic heterocycles. The van der Waals surface area contributed by atoms with E-state index in [4.69, 9.17) is 0 Å². The van der Waals surface area contributed by atoms with E-state index in [-0.39, 0.29) is 5.82 Å². The van der Waals surface area contributed by atoms with Crippen molar-refractivity contribution in [2.24, 2.45) is 0 Å². The zero-order valence-electron chi connectivity index (χ0n) is 12.5. The highest BCUT2D eigenvalue weighted by molar-refractivity contribution is 5.36. The number of nitrogens with one attached hydrogen (secondary N) is 1. The molecule has 0 saturated carbocycles. The molecule has 0 bridgehead atoms. The predicted octanol–water partition coefficient (Wildman–Crippen LogP) is 4.08. The van der Waals surface area contributed by atoms with Crippen LogP contribution in [-0.4, -0.2) is 6.54 Å². The summed E-state index contributed by atoms with van der Waals surface area (Å²) in [4.78, 5) is 0. The van der Waals surface area contributed by atoms with Crippen LogP contribution in [0.2, 0.25) is 0 Å². The van der Waals surface area contributed by atoms with Crippen LogP contribution in [-0.2, 0) is 13.0 Å². The third kappa shape index (κ3) is 3.91. The van der Waals surface area contributed by atoms with Crippen molar-refractivity contribution >= 4 is 0 Å². The maximum Gasteiger partial charge on any atom is 0.123 e. The first-order valence-corrected chi connectivity index (χ1v) is 7.08. The number of benzene rings is 2. The van der Waals surface area contributed by atoms with Gasteiger partial charge in [0.25, 0.3) is 0 Å². The Morgan fingerprint density at radius 2 is 1.55 bits per heavy atom. The molecule has 0 spiro atoms. The number of hydrogen-bond acceptors (Lipinski definition) is 1. The summed E-state index contributed by atoms with van der Waals surface area (Å²) < 4.78 is 12.8. The topological polar surface area (TPSA) is 12.0 Å². The zero-order chi connectivity index (χ0) is 14.5. The van der Waals surface area contributed by atoms with Crippen molar-refractivity contribution in [3.8, 4) is 0 Å². The van der Waals surface area contributed by atoms with Gasteiger partial charge in [-0.3, -0.25) is 0 Å². The molecule has 0 aliphatic carbocycles. The molecule has 2 aromatic carbocycles. The quantitative estimate of drug-likeness (QED) is 0.808. The molecule has 0 atom stereocenters. The molecule has 2 heteroatoms. The Hall–Kier alpha value is -1.67. The monoisotopic (exact) mass is 271 g/mol. The van der Waals surface area contributed by atoms with Crippen molar-refractivity contribution in [1.82, 2.24) is 5.32 Å². The van der Waals surface area contributed by atoms with Crippen LogP contribution in [0.15, 0.2) is 36.4 Å². The van der Waals surface area contributed by atoms with E-state index >= 15 is 0 Å². The summed E-state index contributed by atoms with van der Waals surface area (Å²) in [6.07, 6.45) is 0.921. The first-order chi connectivity index (χ1) is 9.56. The minimum absolute atomic E-state index is 0.174. The van der Waals surface area contributed by atoms with Gasteiger partial charge in [-0.2, -0.15) is 0 Å². The molecule has 0 unspecified atom stereocenters. The van der Waals surface area contributed by atoms with Gasteiger partial charge < -0.3 is 5.32 Å². The summed E-state index contributed by atoms with van der Waals surface area (Å²) in [6.45, 7) is 8.24. The van der Waals surface area contributed by atoms with Gasteiger partial charge in [0.1, 0.15) is 5.82 Å². The fourth-order valence-corrected chi connectivity index (χ4v) is 2.32. The van der Waals surface area contributed by atoms with Crippen molar-refractivity contribution in [2.45, 2.75) is 33.7 Å². The number of aryl methyl sites for hydroxylation is 3. The van der Waals surface area contributed by atoms with Crippen molar-refractivity contribution in [3.63, 3.8) is 0 Å². The zero-order valence-corrected chi connectivity index (χ0v) is 12.5. The third-order valence-corrected chi connectivity index (χ3v) is 3.77. The summed E-state index contributed by atoms with van der Waals surface area (Å²) in [6, 6.07) is 11.2. The minimum atomic E-state index is -0.174. The Balaban J connectivity index is 1.84. The van der Waals surface area contributed by atoms with Gasteiger partial charge in [-0.25, -0.2) is 4.39 Å². The summed E-state index contributed by atoms with van der Waals surface area (Å²) in [5, 5.41) is 3.46. The van der Waals surface area contributed by atoms with E-state index < -0.39 is 0 Å². The molecule has 0 fully saturated rings. The largest absolute Gasteiger partial charge is 0.312 e. The molecule has 0 aliphatic rings. The van der Waals surface area contributed by atoms with Crippen LogP contribution < -0.4 is 5.32 Å². The molecule has 0 radical (unpaired) electrons. The minimum Gasteiger partial charge on any atom is -0.312 e. The molecule has 106 valence electrons. The van der Waals surface area contributed by atoms with E-state index in [1.54, 1.807) is 0 Å². The highest BCUT2D eigenvalue weighted by Gasteiger charge is 2.01. The van der Waals surface area contributed by atoms with Crippen LogP contribution in [0.1, 0.15) is 27.8 Å². The molecule has 20 heavy (non-hydrogen) atoms. The van der Waals surface area contributed by atoms with Crippen molar-refractivity contribution in [2.75, 3.05) is 6.54 Å². The summed E-state index contributed by atoms with van der Waals surface area (Å²) in [5.74, 6) is -0.174. The number of rotatable bonds is 5. The first-order valence-electron chi connectivity index (χ1n) is 7.08. The van der Waals surface area contributed by atoms with E-state index in [0.717, 1.165) is 25.1 Å². The Kier molecular flexibility index (Phi) is 4.91. The second-order valence-electron chi connectivity index (χ2n) is 5.42. The lowest BCUT2D eigenvalue weighted by Gasteiger charge is -2.11. The van der Waals surface area contributed by atoms with Crippen molar-refractivity contribution < 1.29 is 4.39 Å². The van der Waals surface area contributed by atoms with Crippen LogP contribution in [0.4, 0.5) is 4.39 Å². The SMILES string of the molecule is Cc1cc(C)c(CNCCc2ccc(F)cc2)cc1C. The highest BCUT2D eigenvalue weighted by Crippen LogP contribution is 2.15. The first kappa shape index (κ1) is 14.7. The molecule has 0 saturated heterocycles.